The molecule has 0 saturated carbocycles. The van der Waals surface area contributed by atoms with Gasteiger partial charge in [-0.25, -0.2) is 0 Å². The van der Waals surface area contributed by atoms with Crippen molar-refractivity contribution in [1.82, 2.24) is 5.32 Å². The van der Waals surface area contributed by atoms with Crippen LogP contribution in [0.4, 0.5) is 0 Å². The van der Waals surface area contributed by atoms with E-state index in [1.54, 1.807) is 7.11 Å². The number of rotatable bonds is 7. The molecule has 0 fully saturated rings. The number of unbranched alkanes of at least 4 members (excludes halogenated alkanes) is 1. The van der Waals surface area contributed by atoms with Gasteiger partial charge in [0.2, 0.25) is 0 Å². The summed E-state index contributed by atoms with van der Waals surface area (Å²) in [5.74, 6) is 0.901. The van der Waals surface area contributed by atoms with E-state index in [-0.39, 0.29) is 0 Å². The average molecular weight is 219 g/mol. The average Bonchev–Trinajstić information content (AvgIpc) is 2.34. The van der Waals surface area contributed by atoms with E-state index in [1.165, 1.54) is 18.4 Å². The van der Waals surface area contributed by atoms with Crippen LogP contribution >= 0.6 is 0 Å². The summed E-state index contributed by atoms with van der Waals surface area (Å²) in [4.78, 5) is 0. The standard InChI is InChI=1S/C14H21NO/c1-3-4-11-15-12-5-6-13-7-9-14(16-2)10-8-13/h5-10,15H,3-4,11-12H2,1-2H3/b6-5+. The third-order valence-corrected chi connectivity index (χ3v) is 2.40. The van der Waals surface area contributed by atoms with Gasteiger partial charge >= 0.3 is 0 Å². The quantitative estimate of drug-likeness (QED) is 0.711. The summed E-state index contributed by atoms with van der Waals surface area (Å²) in [7, 11) is 1.68. The van der Waals surface area contributed by atoms with Crippen molar-refractivity contribution in [2.75, 3.05) is 20.2 Å². The molecule has 0 heterocycles. The maximum absolute atomic E-state index is 5.10. The smallest absolute Gasteiger partial charge is 0.118 e. The summed E-state index contributed by atoms with van der Waals surface area (Å²) < 4.78 is 5.10. The van der Waals surface area contributed by atoms with Gasteiger partial charge in [0.1, 0.15) is 5.75 Å². The lowest BCUT2D eigenvalue weighted by molar-refractivity contribution is 0.415. The molecule has 1 aromatic carbocycles. The van der Waals surface area contributed by atoms with E-state index in [9.17, 15) is 0 Å². The molecule has 1 aromatic rings. The van der Waals surface area contributed by atoms with Crippen LogP contribution in [0.25, 0.3) is 6.08 Å². The number of ether oxygens (including phenoxy) is 1. The molecule has 16 heavy (non-hydrogen) atoms. The van der Waals surface area contributed by atoms with Gasteiger partial charge in [-0.1, -0.05) is 37.6 Å². The van der Waals surface area contributed by atoms with Crippen LogP contribution in [0.15, 0.2) is 30.3 Å². The molecule has 0 atom stereocenters. The molecule has 0 aliphatic rings. The van der Waals surface area contributed by atoms with Crippen molar-refractivity contribution in [2.24, 2.45) is 0 Å². The Bertz CT molecular complexity index is 303. The van der Waals surface area contributed by atoms with Crippen molar-refractivity contribution in [1.29, 1.82) is 0 Å². The van der Waals surface area contributed by atoms with E-state index in [0.29, 0.717) is 0 Å². The zero-order chi connectivity index (χ0) is 11.6. The van der Waals surface area contributed by atoms with Crippen molar-refractivity contribution in [3.63, 3.8) is 0 Å². The molecule has 88 valence electrons. The highest BCUT2D eigenvalue weighted by Gasteiger charge is 1.89. The number of benzene rings is 1. The number of hydrogen-bond donors (Lipinski definition) is 1. The van der Waals surface area contributed by atoms with Gasteiger partial charge in [0.25, 0.3) is 0 Å². The van der Waals surface area contributed by atoms with Gasteiger partial charge in [-0.3, -0.25) is 0 Å². The molecule has 0 radical (unpaired) electrons. The van der Waals surface area contributed by atoms with E-state index in [0.717, 1.165) is 18.8 Å². The maximum Gasteiger partial charge on any atom is 0.118 e. The fourth-order valence-corrected chi connectivity index (χ4v) is 1.40. The number of methoxy groups -OCH3 is 1. The van der Waals surface area contributed by atoms with Crippen LogP contribution in [-0.4, -0.2) is 20.2 Å². The monoisotopic (exact) mass is 219 g/mol. The minimum Gasteiger partial charge on any atom is -0.497 e. The molecule has 0 aliphatic heterocycles. The van der Waals surface area contributed by atoms with E-state index in [4.69, 9.17) is 4.74 Å². The molecule has 1 N–H and O–H groups in total. The number of hydrogen-bond acceptors (Lipinski definition) is 2. The van der Waals surface area contributed by atoms with Crippen LogP contribution in [0.2, 0.25) is 0 Å². The van der Waals surface area contributed by atoms with E-state index in [2.05, 4.69) is 36.5 Å². The van der Waals surface area contributed by atoms with Crippen LogP contribution in [0, 0.1) is 0 Å². The third-order valence-electron chi connectivity index (χ3n) is 2.40. The number of nitrogens with one attached hydrogen (secondary N) is 1. The molecule has 0 spiro atoms. The molecule has 0 bridgehead atoms. The second kappa shape index (κ2) is 7.94. The Hall–Kier alpha value is -1.28. The Kier molecular flexibility index (Phi) is 6.35. The highest BCUT2D eigenvalue weighted by molar-refractivity contribution is 5.50. The first-order valence-corrected chi connectivity index (χ1v) is 5.88. The summed E-state index contributed by atoms with van der Waals surface area (Å²) in [6, 6.07) is 8.07. The Morgan fingerprint density at radius 3 is 2.62 bits per heavy atom. The predicted molar refractivity (Wildman–Crippen MR) is 69.8 cm³/mol. The van der Waals surface area contributed by atoms with Gasteiger partial charge in [0.05, 0.1) is 7.11 Å². The van der Waals surface area contributed by atoms with Crippen molar-refractivity contribution in [3.8, 4) is 5.75 Å². The minimum atomic E-state index is 0.901. The Morgan fingerprint density at radius 1 is 1.25 bits per heavy atom. The van der Waals surface area contributed by atoms with Crippen LogP contribution in [0.3, 0.4) is 0 Å². The topological polar surface area (TPSA) is 21.3 Å². The summed E-state index contributed by atoms with van der Waals surface area (Å²) in [5.41, 5.74) is 1.21. The van der Waals surface area contributed by atoms with Gasteiger partial charge in [0, 0.05) is 6.54 Å². The van der Waals surface area contributed by atoms with E-state index >= 15 is 0 Å². The normalized spacial score (nSPS) is 10.9. The second-order valence-electron chi connectivity index (χ2n) is 3.73. The van der Waals surface area contributed by atoms with Crippen LogP contribution < -0.4 is 10.1 Å². The molecule has 0 aromatic heterocycles. The van der Waals surface area contributed by atoms with Crippen molar-refractivity contribution >= 4 is 6.08 Å². The van der Waals surface area contributed by atoms with Crippen molar-refractivity contribution in [2.45, 2.75) is 19.8 Å². The van der Waals surface area contributed by atoms with Gasteiger partial charge in [-0.15, -0.1) is 0 Å². The molecule has 0 amide bonds. The Balaban J connectivity index is 2.27. The fraction of sp³-hybridized carbons (Fsp3) is 0.429. The molecule has 1 rings (SSSR count). The SMILES string of the molecule is CCCCNC/C=C/c1ccc(OC)cc1. The first-order valence-electron chi connectivity index (χ1n) is 5.88. The molecule has 0 aliphatic carbocycles. The Morgan fingerprint density at radius 2 is 2.00 bits per heavy atom. The molecule has 0 unspecified atom stereocenters. The lowest BCUT2D eigenvalue weighted by Gasteiger charge is -2.00. The minimum absolute atomic E-state index is 0.901. The molecule has 2 heteroatoms. The highest BCUT2D eigenvalue weighted by atomic mass is 16.5. The van der Waals surface area contributed by atoms with Crippen LogP contribution in [0.5, 0.6) is 5.75 Å². The summed E-state index contributed by atoms with van der Waals surface area (Å²) >= 11 is 0. The molecule has 0 saturated heterocycles. The van der Waals surface area contributed by atoms with E-state index in [1.807, 2.05) is 12.1 Å². The zero-order valence-corrected chi connectivity index (χ0v) is 10.2. The predicted octanol–water partition coefficient (Wildman–Crippen LogP) is 3.10. The molecular formula is C14H21NO. The maximum atomic E-state index is 5.10. The summed E-state index contributed by atoms with van der Waals surface area (Å²) in [5, 5.41) is 3.37. The first-order chi connectivity index (χ1) is 7.86. The van der Waals surface area contributed by atoms with Gasteiger partial charge in [0.15, 0.2) is 0 Å². The fourth-order valence-electron chi connectivity index (χ4n) is 1.40. The third kappa shape index (κ3) is 4.99. The van der Waals surface area contributed by atoms with Crippen LogP contribution in [0.1, 0.15) is 25.3 Å². The lowest BCUT2D eigenvalue weighted by Crippen LogP contribution is -2.14. The van der Waals surface area contributed by atoms with E-state index < -0.39 is 0 Å². The zero-order valence-electron chi connectivity index (χ0n) is 10.2. The highest BCUT2D eigenvalue weighted by Crippen LogP contribution is 2.11. The summed E-state index contributed by atoms with van der Waals surface area (Å²) in [6.45, 7) is 4.24. The molecule has 2 nitrogen and oxygen atoms in total. The Labute approximate surface area is 98.3 Å². The van der Waals surface area contributed by atoms with Crippen molar-refractivity contribution < 1.29 is 4.74 Å². The van der Waals surface area contributed by atoms with Crippen LogP contribution in [-0.2, 0) is 0 Å². The largest absolute Gasteiger partial charge is 0.497 e. The van der Waals surface area contributed by atoms with Gasteiger partial charge in [-0.05, 0) is 30.7 Å². The lowest BCUT2D eigenvalue weighted by atomic mass is 10.2. The molecular weight excluding hydrogens is 198 g/mol. The van der Waals surface area contributed by atoms with Gasteiger partial charge in [-0.2, -0.15) is 0 Å². The van der Waals surface area contributed by atoms with Crippen molar-refractivity contribution in [3.05, 3.63) is 35.9 Å². The summed E-state index contributed by atoms with van der Waals surface area (Å²) in [6.07, 6.45) is 6.77. The first kappa shape index (κ1) is 12.8. The van der Waals surface area contributed by atoms with Gasteiger partial charge < -0.3 is 10.1 Å². The second-order valence-corrected chi connectivity index (χ2v) is 3.73.